The molecule has 0 unspecified atom stereocenters. The number of hydrogen-bond acceptors (Lipinski definition) is 11. The maximum absolute atomic E-state index is 15.2. The average Bonchev–Trinajstić information content (AvgIpc) is 4.02. The van der Waals surface area contributed by atoms with Crippen LogP contribution in [0.2, 0.25) is 10.0 Å². The topological polar surface area (TPSA) is 207 Å². The van der Waals surface area contributed by atoms with Crippen LogP contribution in [0.1, 0.15) is 108 Å². The van der Waals surface area contributed by atoms with E-state index >= 15 is 8.78 Å². The molecule has 2 atom stereocenters. The zero-order chi connectivity index (χ0) is 54.7. The van der Waals surface area contributed by atoms with Crippen LogP contribution in [0.4, 0.5) is 20.2 Å². The Hall–Kier alpha value is -6.86. The summed E-state index contributed by atoms with van der Waals surface area (Å²) in [6.07, 6.45) is 4.86. The number of nitrogens with zero attached hydrogens (tertiary/aromatic N) is 4. The second-order valence-corrected chi connectivity index (χ2v) is 20.0. The Morgan fingerprint density at radius 3 is 1.35 bits per heavy atom. The lowest BCUT2D eigenvalue weighted by molar-refractivity contribution is -0.117. The van der Waals surface area contributed by atoms with Gasteiger partial charge >= 0.3 is 11.9 Å². The van der Waals surface area contributed by atoms with Crippen molar-refractivity contribution >= 4 is 80.1 Å². The quantitative estimate of drug-likeness (QED) is 0.0777. The van der Waals surface area contributed by atoms with Gasteiger partial charge in [0.05, 0.1) is 67.7 Å². The fourth-order valence-electron chi connectivity index (χ4n) is 9.78. The molecule has 3 N–H and O–H groups in total. The van der Waals surface area contributed by atoms with Crippen molar-refractivity contribution < 1.29 is 57.5 Å². The van der Waals surface area contributed by atoms with Gasteiger partial charge in [-0.25, -0.2) is 18.4 Å². The Kier molecular flexibility index (Phi) is 17.4. The molecule has 20 heteroatoms. The number of methoxy groups -OCH3 is 3. The van der Waals surface area contributed by atoms with E-state index in [1.807, 2.05) is 27.7 Å². The Morgan fingerprint density at radius 2 is 1.01 bits per heavy atom. The molecular weight excluding hydrogens is 1020 g/mol. The van der Waals surface area contributed by atoms with E-state index in [0.29, 0.717) is 83.8 Å². The second kappa shape index (κ2) is 23.4. The third kappa shape index (κ3) is 11.2. The van der Waals surface area contributed by atoms with Crippen LogP contribution in [0.5, 0.6) is 11.5 Å². The summed E-state index contributed by atoms with van der Waals surface area (Å²) >= 11 is 12.4. The molecule has 0 radical (unpaired) electrons. The number of esters is 1. The molecule has 2 fully saturated rings. The number of hydrogen-bond donors (Lipinski definition) is 3. The van der Waals surface area contributed by atoms with Gasteiger partial charge in [-0.05, 0) is 83.3 Å². The van der Waals surface area contributed by atoms with Gasteiger partial charge in [0, 0.05) is 85.4 Å². The van der Waals surface area contributed by atoms with Crippen molar-refractivity contribution in [3.05, 3.63) is 136 Å². The number of carboxylic acids is 1. The van der Waals surface area contributed by atoms with Gasteiger partial charge in [0.1, 0.15) is 34.3 Å². The Bertz CT molecular complexity index is 3360. The van der Waals surface area contributed by atoms with Crippen LogP contribution < -0.4 is 30.1 Å². The highest BCUT2D eigenvalue weighted by Crippen LogP contribution is 2.37. The van der Waals surface area contributed by atoms with E-state index in [1.165, 1.54) is 51.9 Å². The number of ether oxygens (including phenoxy) is 3. The number of amides is 2. The summed E-state index contributed by atoms with van der Waals surface area (Å²) in [5.41, 5.74) is 1.31. The van der Waals surface area contributed by atoms with Crippen LogP contribution in [0, 0.1) is 23.5 Å². The molecule has 2 aliphatic rings. The molecule has 0 bridgehead atoms. The molecule has 2 aliphatic heterocycles. The number of benzene rings is 4. The lowest BCUT2D eigenvalue weighted by Crippen LogP contribution is -2.26. The maximum atomic E-state index is 15.2. The molecule has 16 nitrogen and oxygen atoms in total. The standard InChI is InChI=1S/C28H30ClFN2O6.C27H28ClFN2O6/c1-15(2)23(14-33)32-13-20(28(36)38-4)27(35)19-10-16(24(37-3)12-22(19)32)8-17-9-18(11-21(29)26(17)30)31-7-5-6-25(31)34;1-14(2)22(13-32)31-12-19(27(35)36)26(34)18-9-15(23(37-3)11-21(18)31)7-16-8-17(10-20(28)25(16)29)30-6-4-5-24(30)33/h9-13,15,23,33H,5-8,14H2,1-4H3;8-12,14,22,32H,4-7,13H2,1-3H3,(H,35,36)/t23-;22-/m11/s1. The molecule has 0 spiro atoms. The second-order valence-electron chi connectivity index (χ2n) is 19.2. The van der Waals surface area contributed by atoms with E-state index in [1.54, 1.807) is 49.3 Å². The van der Waals surface area contributed by atoms with E-state index in [4.69, 9.17) is 37.4 Å². The highest BCUT2D eigenvalue weighted by Gasteiger charge is 2.29. The summed E-state index contributed by atoms with van der Waals surface area (Å²) in [6.45, 7) is 8.12. The minimum absolute atomic E-state index is 0.00996. The first-order valence-corrected chi connectivity index (χ1v) is 25.0. The molecule has 2 amide bonds. The number of aliphatic hydroxyl groups excluding tert-OH is 2. The number of aromatic nitrogens is 2. The normalized spacial score (nSPS) is 14.5. The lowest BCUT2D eigenvalue weighted by atomic mass is 9.98. The zero-order valence-electron chi connectivity index (χ0n) is 42.5. The van der Waals surface area contributed by atoms with Gasteiger partial charge < -0.3 is 48.5 Å². The number of aromatic carboxylic acids is 1. The van der Waals surface area contributed by atoms with E-state index < -0.39 is 52.1 Å². The SMILES string of the molecule is COC(=O)c1cn([C@H](CO)C(C)C)c2cc(OC)c(Cc3cc(N4CCCC4=O)cc(Cl)c3F)cc2c1=O.COc1cc2c(cc1Cc1cc(N3CCCC3=O)cc(Cl)c1F)c(=O)c(C(=O)O)cn2[C@H](CO)C(C)C. The number of rotatable bonds is 16. The first-order chi connectivity index (χ1) is 35.7. The van der Waals surface area contributed by atoms with Crippen molar-refractivity contribution in [1.82, 2.24) is 9.13 Å². The summed E-state index contributed by atoms with van der Waals surface area (Å²) in [6, 6.07) is 11.3. The molecule has 398 valence electrons. The number of carboxylic acid groups (broad SMARTS) is 1. The molecule has 75 heavy (non-hydrogen) atoms. The first kappa shape index (κ1) is 55.9. The van der Waals surface area contributed by atoms with Gasteiger partial charge in [-0.2, -0.15) is 0 Å². The minimum Gasteiger partial charge on any atom is -0.496 e. The predicted octanol–water partition coefficient (Wildman–Crippen LogP) is 8.90. The predicted molar refractivity (Wildman–Crippen MR) is 281 cm³/mol. The number of carbonyl (C=O) groups is 4. The number of pyridine rings is 2. The molecule has 4 aromatic carbocycles. The molecule has 8 rings (SSSR count). The zero-order valence-corrected chi connectivity index (χ0v) is 44.0. The Balaban J connectivity index is 0.000000219. The van der Waals surface area contributed by atoms with E-state index in [0.717, 1.165) is 0 Å². The van der Waals surface area contributed by atoms with Gasteiger partial charge in [0.2, 0.25) is 22.7 Å². The van der Waals surface area contributed by atoms with Crippen LogP contribution in [0.15, 0.2) is 70.5 Å². The molecule has 0 saturated carbocycles. The summed E-state index contributed by atoms with van der Waals surface area (Å²) in [5, 5.41) is 29.8. The van der Waals surface area contributed by atoms with Gasteiger partial charge in [-0.15, -0.1) is 0 Å². The summed E-state index contributed by atoms with van der Waals surface area (Å²) in [4.78, 5) is 78.5. The first-order valence-electron chi connectivity index (χ1n) is 24.3. The number of anilines is 2. The summed E-state index contributed by atoms with van der Waals surface area (Å²) < 4.78 is 49.6. The van der Waals surface area contributed by atoms with Gasteiger partial charge in [0.25, 0.3) is 0 Å². The minimum atomic E-state index is -1.39. The molecule has 2 aromatic heterocycles. The highest BCUT2D eigenvalue weighted by molar-refractivity contribution is 6.31. The number of fused-ring (bicyclic) bond motifs is 2. The summed E-state index contributed by atoms with van der Waals surface area (Å²) in [5.74, 6) is -2.98. The van der Waals surface area contributed by atoms with E-state index in [2.05, 4.69) is 0 Å². The average molecular weight is 1080 g/mol. The van der Waals surface area contributed by atoms with Crippen molar-refractivity contribution in [2.24, 2.45) is 11.8 Å². The molecule has 0 aliphatic carbocycles. The largest absolute Gasteiger partial charge is 0.496 e. The summed E-state index contributed by atoms with van der Waals surface area (Å²) in [7, 11) is 4.09. The third-order valence-electron chi connectivity index (χ3n) is 13.8. The van der Waals surface area contributed by atoms with Gasteiger partial charge in [0.15, 0.2) is 0 Å². The van der Waals surface area contributed by atoms with E-state index in [-0.39, 0.29) is 87.2 Å². The fourth-order valence-corrected chi connectivity index (χ4v) is 10.2. The smallest absolute Gasteiger partial charge is 0.343 e. The van der Waals surface area contributed by atoms with Crippen LogP contribution in [0.25, 0.3) is 21.8 Å². The number of carbonyl (C=O) groups excluding carboxylic acids is 3. The Labute approximate surface area is 440 Å². The van der Waals surface area contributed by atoms with Crippen molar-refractivity contribution in [3.63, 3.8) is 0 Å². The fraction of sp³-hybridized carbons (Fsp3) is 0.382. The van der Waals surface area contributed by atoms with Crippen LogP contribution >= 0.6 is 23.2 Å². The monoisotopic (exact) mass is 1070 g/mol. The van der Waals surface area contributed by atoms with E-state index in [9.17, 15) is 44.1 Å². The molecule has 6 aromatic rings. The highest BCUT2D eigenvalue weighted by atomic mass is 35.5. The number of halogens is 4. The van der Waals surface area contributed by atoms with Crippen LogP contribution in [0.3, 0.4) is 0 Å². The van der Waals surface area contributed by atoms with Crippen molar-refractivity contribution in [3.8, 4) is 11.5 Å². The van der Waals surface area contributed by atoms with Crippen LogP contribution in [-0.4, -0.2) is 95.8 Å². The third-order valence-corrected chi connectivity index (χ3v) is 14.4. The van der Waals surface area contributed by atoms with Crippen molar-refractivity contribution in [1.29, 1.82) is 0 Å². The Morgan fingerprint density at radius 1 is 0.613 bits per heavy atom. The lowest BCUT2D eigenvalue weighted by Gasteiger charge is -2.25. The van der Waals surface area contributed by atoms with Crippen molar-refractivity contribution in [2.75, 3.05) is 57.4 Å². The maximum Gasteiger partial charge on any atom is 0.343 e. The van der Waals surface area contributed by atoms with Gasteiger partial charge in [-0.1, -0.05) is 50.9 Å². The molecule has 2 saturated heterocycles. The number of aliphatic hydroxyl groups is 2. The van der Waals surface area contributed by atoms with Crippen LogP contribution in [-0.2, 0) is 27.2 Å². The molecule has 4 heterocycles. The molecular formula is C55H58Cl2F2N4O12. The van der Waals surface area contributed by atoms with Gasteiger partial charge in [-0.3, -0.25) is 19.2 Å². The van der Waals surface area contributed by atoms with Crippen molar-refractivity contribution in [2.45, 2.75) is 78.3 Å².